The van der Waals surface area contributed by atoms with Crippen molar-refractivity contribution >= 4 is 11.9 Å². The van der Waals surface area contributed by atoms with Gasteiger partial charge in [-0.1, -0.05) is 0 Å². The maximum absolute atomic E-state index is 11.8. The molecule has 0 aliphatic rings. The Hall–Kier alpha value is -2.12. The van der Waals surface area contributed by atoms with E-state index in [-0.39, 0.29) is 11.9 Å². The molecule has 0 atom stereocenters. The molecule has 0 aliphatic heterocycles. The summed E-state index contributed by atoms with van der Waals surface area (Å²) in [6, 6.07) is -0.198. The van der Waals surface area contributed by atoms with Crippen molar-refractivity contribution in [3.63, 3.8) is 0 Å². The zero-order valence-electron chi connectivity index (χ0n) is 12.2. The Labute approximate surface area is 118 Å². The fourth-order valence-electron chi connectivity index (χ4n) is 1.65. The van der Waals surface area contributed by atoms with Gasteiger partial charge in [-0.2, -0.15) is 0 Å². The van der Waals surface area contributed by atoms with Gasteiger partial charge in [-0.05, 0) is 6.92 Å². The highest BCUT2D eigenvalue weighted by Crippen LogP contribution is 1.95. The maximum Gasteiger partial charge on any atom is 0.317 e. The highest BCUT2D eigenvalue weighted by Gasteiger charge is 2.10. The number of urea groups is 1. The lowest BCUT2D eigenvalue weighted by molar-refractivity contribution is -0.120. The van der Waals surface area contributed by atoms with Crippen LogP contribution < -0.4 is 10.6 Å². The monoisotopic (exact) mass is 282 g/mol. The van der Waals surface area contributed by atoms with E-state index in [0.717, 1.165) is 12.4 Å². The Kier molecular flexibility index (Phi) is 6.48. The van der Waals surface area contributed by atoms with Crippen molar-refractivity contribution in [3.05, 3.63) is 12.2 Å². The summed E-state index contributed by atoms with van der Waals surface area (Å²) < 4.78 is 1.93. The number of hydrogen-bond donors (Lipinski definition) is 2. The molecule has 1 aromatic heterocycles. The normalized spacial score (nSPS) is 10.2. The second-order valence-corrected chi connectivity index (χ2v) is 4.36. The molecule has 8 nitrogen and oxygen atoms in total. The highest BCUT2D eigenvalue weighted by molar-refractivity contribution is 5.77. The van der Waals surface area contributed by atoms with Crippen LogP contribution in [0.25, 0.3) is 0 Å². The number of carbonyl (C=O) groups excluding carboxylic acids is 2. The van der Waals surface area contributed by atoms with Crippen LogP contribution >= 0.6 is 0 Å². The molecule has 0 fully saturated rings. The third-order valence-corrected chi connectivity index (χ3v) is 2.96. The molecule has 2 N–H and O–H groups in total. The first-order valence-corrected chi connectivity index (χ1v) is 6.64. The zero-order valence-corrected chi connectivity index (χ0v) is 12.2. The van der Waals surface area contributed by atoms with Crippen LogP contribution in [0.2, 0.25) is 0 Å². The molecule has 3 amide bonds. The second-order valence-electron chi connectivity index (χ2n) is 4.36. The second kappa shape index (κ2) is 8.13. The van der Waals surface area contributed by atoms with Crippen LogP contribution in [-0.4, -0.2) is 58.8 Å². The number of rotatable bonds is 7. The lowest BCUT2D eigenvalue weighted by Gasteiger charge is -2.17. The first-order chi connectivity index (χ1) is 9.58. The van der Waals surface area contributed by atoms with Crippen molar-refractivity contribution < 1.29 is 9.59 Å². The molecule has 0 radical (unpaired) electrons. The highest BCUT2D eigenvalue weighted by atomic mass is 16.2. The average Bonchev–Trinajstić information content (AvgIpc) is 2.91. The smallest absolute Gasteiger partial charge is 0.317 e. The minimum Gasteiger partial charge on any atom is -0.359 e. The van der Waals surface area contributed by atoms with Gasteiger partial charge in [0.2, 0.25) is 5.91 Å². The van der Waals surface area contributed by atoms with E-state index in [0.29, 0.717) is 25.9 Å². The third kappa shape index (κ3) is 4.87. The van der Waals surface area contributed by atoms with Gasteiger partial charge in [-0.15, -0.1) is 10.2 Å². The first-order valence-electron chi connectivity index (χ1n) is 6.64. The van der Waals surface area contributed by atoms with Crippen LogP contribution in [0.15, 0.2) is 6.33 Å². The Bertz CT molecular complexity index is 445. The fraction of sp³-hybridized carbons (Fsp3) is 0.667. The maximum atomic E-state index is 11.8. The molecule has 8 heteroatoms. The molecule has 1 aromatic rings. The largest absolute Gasteiger partial charge is 0.359 e. The predicted molar refractivity (Wildman–Crippen MR) is 74.1 cm³/mol. The van der Waals surface area contributed by atoms with Crippen LogP contribution in [-0.2, 0) is 17.8 Å². The van der Waals surface area contributed by atoms with Gasteiger partial charge in [-0.25, -0.2) is 4.79 Å². The Morgan fingerprint density at radius 3 is 2.85 bits per heavy atom. The third-order valence-electron chi connectivity index (χ3n) is 2.96. The standard InChI is InChI=1S/C12H22N6O2/c1-4-18-9-15-16-10(18)5-7-14-12(20)17(3)8-6-11(19)13-2/h9H,4-8H2,1-3H3,(H,13,19)(H,14,20). The Balaban J connectivity index is 2.27. The quantitative estimate of drug-likeness (QED) is 0.713. The molecule has 1 heterocycles. The molecule has 0 saturated carbocycles. The van der Waals surface area contributed by atoms with E-state index < -0.39 is 0 Å². The van der Waals surface area contributed by atoms with Crippen molar-refractivity contribution in [3.8, 4) is 0 Å². The SMILES string of the molecule is CCn1cnnc1CCNC(=O)N(C)CCC(=O)NC. The zero-order chi connectivity index (χ0) is 15.0. The summed E-state index contributed by atoms with van der Waals surface area (Å²) in [6.07, 6.45) is 2.60. The van der Waals surface area contributed by atoms with Crippen LogP contribution in [0.5, 0.6) is 0 Å². The summed E-state index contributed by atoms with van der Waals surface area (Å²) in [5.41, 5.74) is 0. The molecule has 0 bridgehead atoms. The molecular formula is C12H22N6O2. The van der Waals surface area contributed by atoms with E-state index in [1.54, 1.807) is 20.4 Å². The van der Waals surface area contributed by atoms with Crippen LogP contribution in [0.4, 0.5) is 4.79 Å². The van der Waals surface area contributed by atoms with Gasteiger partial charge >= 0.3 is 6.03 Å². The molecule has 0 spiro atoms. The Morgan fingerprint density at radius 1 is 1.45 bits per heavy atom. The lowest BCUT2D eigenvalue weighted by atomic mass is 10.3. The molecule has 0 aliphatic carbocycles. The van der Waals surface area contributed by atoms with E-state index in [9.17, 15) is 9.59 Å². The summed E-state index contributed by atoms with van der Waals surface area (Å²) in [5.74, 6) is 0.765. The van der Waals surface area contributed by atoms with E-state index in [1.165, 1.54) is 4.90 Å². The van der Waals surface area contributed by atoms with Gasteiger partial charge in [0.1, 0.15) is 12.2 Å². The van der Waals surface area contributed by atoms with Crippen LogP contribution in [0.3, 0.4) is 0 Å². The topological polar surface area (TPSA) is 92.2 Å². The van der Waals surface area contributed by atoms with Gasteiger partial charge in [-0.3, -0.25) is 4.79 Å². The molecule has 20 heavy (non-hydrogen) atoms. The van der Waals surface area contributed by atoms with E-state index in [1.807, 2.05) is 11.5 Å². The van der Waals surface area contributed by atoms with Crippen molar-refractivity contribution in [2.45, 2.75) is 26.3 Å². The molecule has 0 aromatic carbocycles. The molecule has 112 valence electrons. The minimum absolute atomic E-state index is 0.0827. The molecular weight excluding hydrogens is 260 g/mol. The van der Waals surface area contributed by atoms with Crippen molar-refractivity contribution in [2.24, 2.45) is 0 Å². The number of aromatic nitrogens is 3. The van der Waals surface area contributed by atoms with Crippen LogP contribution in [0, 0.1) is 0 Å². The molecule has 0 unspecified atom stereocenters. The summed E-state index contributed by atoms with van der Waals surface area (Å²) >= 11 is 0. The minimum atomic E-state index is -0.198. The first kappa shape index (κ1) is 15.9. The number of nitrogens with zero attached hydrogens (tertiary/aromatic N) is 4. The summed E-state index contributed by atoms with van der Waals surface area (Å²) in [6.45, 7) is 3.69. The van der Waals surface area contributed by atoms with Gasteiger partial charge in [0.05, 0.1) is 0 Å². The van der Waals surface area contributed by atoms with E-state index in [4.69, 9.17) is 0 Å². The number of aryl methyl sites for hydroxylation is 1. The van der Waals surface area contributed by atoms with Gasteiger partial charge < -0.3 is 20.1 Å². The van der Waals surface area contributed by atoms with Crippen molar-refractivity contribution in [2.75, 3.05) is 27.2 Å². The average molecular weight is 282 g/mol. The van der Waals surface area contributed by atoms with Crippen molar-refractivity contribution in [1.82, 2.24) is 30.3 Å². The van der Waals surface area contributed by atoms with E-state index >= 15 is 0 Å². The molecule has 1 rings (SSSR count). The predicted octanol–water partition coefficient (Wildman–Crippen LogP) is -0.382. The summed E-state index contributed by atoms with van der Waals surface area (Å²) in [7, 11) is 3.24. The van der Waals surface area contributed by atoms with Gasteiger partial charge in [0.25, 0.3) is 0 Å². The summed E-state index contributed by atoms with van der Waals surface area (Å²) in [4.78, 5) is 24.3. The lowest BCUT2D eigenvalue weighted by Crippen LogP contribution is -2.40. The number of amides is 3. The van der Waals surface area contributed by atoms with Crippen molar-refractivity contribution in [1.29, 1.82) is 0 Å². The molecule has 0 saturated heterocycles. The van der Waals surface area contributed by atoms with Gasteiger partial charge in [0.15, 0.2) is 0 Å². The van der Waals surface area contributed by atoms with Gasteiger partial charge in [0, 0.05) is 46.6 Å². The van der Waals surface area contributed by atoms with E-state index in [2.05, 4.69) is 20.8 Å². The summed E-state index contributed by atoms with van der Waals surface area (Å²) in [5, 5.41) is 13.1. The van der Waals surface area contributed by atoms with Crippen LogP contribution in [0.1, 0.15) is 19.2 Å². The number of nitrogens with one attached hydrogen (secondary N) is 2. The Morgan fingerprint density at radius 2 is 2.20 bits per heavy atom. The number of hydrogen-bond acceptors (Lipinski definition) is 4. The number of carbonyl (C=O) groups is 2. The fourth-order valence-corrected chi connectivity index (χ4v) is 1.65.